The minimum absolute atomic E-state index is 0.222. The van der Waals surface area contributed by atoms with Crippen molar-refractivity contribution in [3.05, 3.63) is 95.6 Å². The molecule has 5 rings (SSSR count). The Morgan fingerprint density at radius 3 is 2.56 bits per heavy atom. The van der Waals surface area contributed by atoms with Gasteiger partial charge in [-0.3, -0.25) is 9.48 Å². The topological polar surface area (TPSA) is 72.7 Å². The van der Waals surface area contributed by atoms with Gasteiger partial charge in [0.15, 0.2) is 5.82 Å². The molecule has 1 amide bonds. The van der Waals surface area contributed by atoms with Gasteiger partial charge in [-0.2, -0.15) is 10.2 Å². The molecule has 0 fully saturated rings. The third-order valence-electron chi connectivity index (χ3n) is 5.87. The molecular weight excluding hydrogens is 429 g/mol. The Balaban J connectivity index is 1.53. The molecule has 1 N–H and O–H groups in total. The Hall–Kier alpha value is -4.39. The smallest absolute Gasteiger partial charge is 0.256 e. The van der Waals surface area contributed by atoms with Crippen LogP contribution in [-0.2, 0) is 7.05 Å². The molecule has 2 heterocycles. The van der Waals surface area contributed by atoms with Gasteiger partial charge in [0.25, 0.3) is 5.91 Å². The number of aromatic nitrogens is 4. The highest BCUT2D eigenvalue weighted by Crippen LogP contribution is 2.33. The van der Waals surface area contributed by atoms with Gasteiger partial charge in [0.2, 0.25) is 0 Å². The Morgan fingerprint density at radius 2 is 1.79 bits per heavy atom. The molecule has 0 saturated carbocycles. The fraction of sp³-hybridized carbons (Fsp3) is 0.111. The number of hydrogen-bond donors (Lipinski definition) is 1. The van der Waals surface area contributed by atoms with Crippen LogP contribution in [0.1, 0.15) is 21.5 Å². The van der Waals surface area contributed by atoms with Crippen LogP contribution in [0.15, 0.2) is 73.1 Å². The summed E-state index contributed by atoms with van der Waals surface area (Å²) >= 11 is 0. The summed E-state index contributed by atoms with van der Waals surface area (Å²) in [5.41, 5.74) is 5.86. The highest BCUT2D eigenvalue weighted by Gasteiger charge is 2.14. The van der Waals surface area contributed by atoms with Crippen molar-refractivity contribution in [1.29, 1.82) is 0 Å². The highest BCUT2D eigenvalue weighted by atomic mass is 19.1. The first-order valence-corrected chi connectivity index (χ1v) is 10.8. The zero-order chi connectivity index (χ0) is 23.8. The summed E-state index contributed by atoms with van der Waals surface area (Å²) in [5, 5.41) is 17.4. The maximum absolute atomic E-state index is 13.6. The van der Waals surface area contributed by atoms with Crippen molar-refractivity contribution in [2.24, 2.45) is 7.05 Å². The van der Waals surface area contributed by atoms with Crippen LogP contribution in [0, 0.1) is 19.7 Å². The van der Waals surface area contributed by atoms with E-state index >= 15 is 0 Å². The van der Waals surface area contributed by atoms with Crippen LogP contribution >= 0.6 is 0 Å². The molecule has 3 aromatic carbocycles. The third kappa shape index (κ3) is 4.03. The van der Waals surface area contributed by atoms with Crippen LogP contribution in [0.25, 0.3) is 33.2 Å². The minimum Gasteiger partial charge on any atom is -0.305 e. The number of hydrogen-bond acceptors (Lipinski definition) is 4. The van der Waals surface area contributed by atoms with Gasteiger partial charge in [-0.15, -0.1) is 5.10 Å². The highest BCUT2D eigenvalue weighted by molar-refractivity contribution is 6.05. The number of aryl methyl sites for hydroxylation is 3. The van der Waals surface area contributed by atoms with Crippen LogP contribution in [0.4, 0.5) is 10.2 Å². The average molecular weight is 452 g/mol. The molecule has 168 valence electrons. The minimum atomic E-state index is -0.279. The van der Waals surface area contributed by atoms with Crippen LogP contribution in [-0.4, -0.2) is 25.9 Å². The van der Waals surface area contributed by atoms with E-state index in [1.54, 1.807) is 42.3 Å². The second kappa shape index (κ2) is 8.51. The van der Waals surface area contributed by atoms with E-state index in [9.17, 15) is 9.18 Å². The number of nitrogens with one attached hydrogen (secondary N) is 1. The molecule has 6 nitrogen and oxygen atoms in total. The number of anilines is 1. The lowest BCUT2D eigenvalue weighted by molar-refractivity contribution is 0.102. The molecule has 0 aliphatic carbocycles. The second-order valence-corrected chi connectivity index (χ2v) is 8.31. The van der Waals surface area contributed by atoms with Crippen molar-refractivity contribution < 1.29 is 9.18 Å². The third-order valence-corrected chi connectivity index (χ3v) is 5.87. The molecule has 0 aliphatic rings. The molecule has 0 spiro atoms. The van der Waals surface area contributed by atoms with E-state index in [4.69, 9.17) is 0 Å². The Bertz CT molecular complexity index is 1560. The van der Waals surface area contributed by atoms with Crippen molar-refractivity contribution in [2.45, 2.75) is 13.8 Å². The first kappa shape index (κ1) is 21.5. The van der Waals surface area contributed by atoms with Crippen LogP contribution in [0.2, 0.25) is 0 Å². The Labute approximate surface area is 196 Å². The number of amides is 1. The molecule has 5 aromatic rings. The summed E-state index contributed by atoms with van der Waals surface area (Å²) in [6.07, 6.45) is 3.49. The lowest BCUT2D eigenvalue weighted by Crippen LogP contribution is -2.12. The zero-order valence-electron chi connectivity index (χ0n) is 19.0. The molecular formula is C27H22FN5O. The summed E-state index contributed by atoms with van der Waals surface area (Å²) in [6.45, 7) is 3.87. The largest absolute Gasteiger partial charge is 0.305 e. The van der Waals surface area contributed by atoms with Crippen molar-refractivity contribution >= 4 is 22.5 Å². The van der Waals surface area contributed by atoms with Gasteiger partial charge in [-0.1, -0.05) is 18.2 Å². The number of nitrogens with zero attached hydrogens (tertiary/aromatic N) is 4. The first-order valence-electron chi connectivity index (χ1n) is 10.8. The lowest BCUT2D eigenvalue weighted by atomic mass is 9.94. The fourth-order valence-corrected chi connectivity index (χ4v) is 4.09. The average Bonchev–Trinajstić information content (AvgIpc) is 3.23. The molecule has 0 bridgehead atoms. The Morgan fingerprint density at radius 1 is 0.941 bits per heavy atom. The van der Waals surface area contributed by atoms with Gasteiger partial charge < -0.3 is 5.32 Å². The number of halogens is 1. The lowest BCUT2D eigenvalue weighted by Gasteiger charge is -2.12. The van der Waals surface area contributed by atoms with E-state index in [-0.39, 0.29) is 11.7 Å². The molecule has 0 radical (unpaired) electrons. The molecule has 0 aliphatic heterocycles. The van der Waals surface area contributed by atoms with E-state index in [1.165, 1.54) is 12.1 Å². The Kier molecular flexibility index (Phi) is 5.37. The normalized spacial score (nSPS) is 11.1. The van der Waals surface area contributed by atoms with E-state index in [0.29, 0.717) is 17.1 Å². The monoisotopic (exact) mass is 451 g/mol. The quantitative estimate of drug-likeness (QED) is 0.380. The number of carbonyl (C=O) groups excluding carboxylic acids is 1. The van der Waals surface area contributed by atoms with Crippen molar-refractivity contribution in [3.8, 4) is 22.4 Å². The summed E-state index contributed by atoms with van der Waals surface area (Å²) in [6, 6.07) is 18.1. The molecule has 2 aromatic heterocycles. The van der Waals surface area contributed by atoms with Crippen LogP contribution < -0.4 is 5.32 Å². The fourth-order valence-electron chi connectivity index (χ4n) is 4.09. The van der Waals surface area contributed by atoms with E-state index in [2.05, 4.69) is 20.6 Å². The van der Waals surface area contributed by atoms with Crippen LogP contribution in [0.5, 0.6) is 0 Å². The van der Waals surface area contributed by atoms with Crippen LogP contribution in [0.3, 0.4) is 0 Å². The van der Waals surface area contributed by atoms with Gasteiger partial charge in [0.05, 0.1) is 6.20 Å². The second-order valence-electron chi connectivity index (χ2n) is 8.31. The molecule has 34 heavy (non-hydrogen) atoms. The van der Waals surface area contributed by atoms with E-state index < -0.39 is 0 Å². The van der Waals surface area contributed by atoms with Crippen molar-refractivity contribution in [2.75, 3.05) is 5.32 Å². The standard InChI is InChI=1S/C27H22FN5O/c1-16-4-5-19(27(34)30-25-10-11-33(3)32-25)14-24(16)18-6-8-23-20(13-18)15-29-31-26(23)22-9-7-21(28)12-17(22)2/h4-15H,1-3H3,(H,30,32,34). The van der Waals surface area contributed by atoms with Gasteiger partial charge in [0, 0.05) is 41.2 Å². The summed E-state index contributed by atoms with van der Waals surface area (Å²) in [4.78, 5) is 12.8. The summed E-state index contributed by atoms with van der Waals surface area (Å²) < 4.78 is 15.2. The maximum atomic E-state index is 13.6. The zero-order valence-corrected chi connectivity index (χ0v) is 19.0. The van der Waals surface area contributed by atoms with Crippen molar-refractivity contribution in [3.63, 3.8) is 0 Å². The SMILES string of the molecule is Cc1ccc(C(=O)Nc2ccn(C)n2)cc1-c1ccc2c(-c3ccc(F)cc3C)nncc2c1. The number of rotatable bonds is 4. The summed E-state index contributed by atoms with van der Waals surface area (Å²) in [5.74, 6) is 0.00219. The van der Waals surface area contributed by atoms with Gasteiger partial charge in [0.1, 0.15) is 11.5 Å². The van der Waals surface area contributed by atoms with Gasteiger partial charge in [-0.25, -0.2) is 4.39 Å². The first-order chi connectivity index (χ1) is 16.4. The molecule has 0 saturated heterocycles. The predicted molar refractivity (Wildman–Crippen MR) is 131 cm³/mol. The summed E-state index contributed by atoms with van der Waals surface area (Å²) in [7, 11) is 1.80. The number of carbonyl (C=O) groups is 1. The number of benzene rings is 3. The van der Waals surface area contributed by atoms with Gasteiger partial charge >= 0.3 is 0 Å². The maximum Gasteiger partial charge on any atom is 0.256 e. The van der Waals surface area contributed by atoms with E-state index in [1.807, 2.05) is 44.2 Å². The number of fused-ring (bicyclic) bond motifs is 1. The molecule has 7 heteroatoms. The molecule has 0 unspecified atom stereocenters. The van der Waals surface area contributed by atoms with E-state index in [0.717, 1.165) is 38.6 Å². The molecule has 0 atom stereocenters. The predicted octanol–water partition coefficient (Wildman–Crippen LogP) is 5.71. The van der Waals surface area contributed by atoms with Gasteiger partial charge in [-0.05, 0) is 72.5 Å². The van der Waals surface area contributed by atoms with Crippen molar-refractivity contribution in [1.82, 2.24) is 20.0 Å².